The second-order valence-electron chi connectivity index (χ2n) is 5.48. The molecular formula is C18H24N8OS. The summed E-state index contributed by atoms with van der Waals surface area (Å²) < 4.78 is 0. The molecule has 0 fully saturated rings. The maximum Gasteiger partial charge on any atom is 0.321 e. The van der Waals surface area contributed by atoms with Gasteiger partial charge in [-0.25, -0.2) is 19.7 Å². The van der Waals surface area contributed by atoms with Crippen molar-refractivity contribution in [3.63, 3.8) is 0 Å². The van der Waals surface area contributed by atoms with Crippen LogP contribution in [-0.2, 0) is 0 Å². The molecule has 0 aromatic carbocycles. The van der Waals surface area contributed by atoms with Gasteiger partial charge in [-0.1, -0.05) is 0 Å². The summed E-state index contributed by atoms with van der Waals surface area (Å²) in [4.78, 5) is 28.7. The van der Waals surface area contributed by atoms with Crippen LogP contribution < -0.4 is 22.1 Å². The van der Waals surface area contributed by atoms with Crippen LogP contribution in [0.4, 0.5) is 15.9 Å². The second kappa shape index (κ2) is 10.9. The highest BCUT2D eigenvalue weighted by Crippen LogP contribution is 2.21. The number of hydrogen-bond acceptors (Lipinski definition) is 8. The normalized spacial score (nSPS) is 10.9. The van der Waals surface area contributed by atoms with Crippen molar-refractivity contribution in [1.29, 1.82) is 0 Å². The highest BCUT2D eigenvalue weighted by Gasteiger charge is 2.05. The first kappa shape index (κ1) is 21.2. The summed E-state index contributed by atoms with van der Waals surface area (Å²) in [6.45, 7) is 5.21. The Balaban J connectivity index is 2.61. The van der Waals surface area contributed by atoms with Crippen molar-refractivity contribution in [3.05, 3.63) is 41.7 Å². The van der Waals surface area contributed by atoms with Gasteiger partial charge in [-0.15, -0.1) is 11.3 Å². The lowest BCUT2D eigenvalue weighted by atomic mass is 10.1. The fourth-order valence-corrected chi connectivity index (χ4v) is 2.95. The van der Waals surface area contributed by atoms with Crippen molar-refractivity contribution in [2.24, 2.45) is 10.7 Å². The van der Waals surface area contributed by atoms with Crippen molar-refractivity contribution in [3.8, 4) is 11.1 Å². The highest BCUT2D eigenvalue weighted by molar-refractivity contribution is 7.13. The Morgan fingerprint density at radius 3 is 2.61 bits per heavy atom. The van der Waals surface area contributed by atoms with Crippen molar-refractivity contribution in [2.45, 2.75) is 13.8 Å². The molecule has 0 unspecified atom stereocenters. The third kappa shape index (κ3) is 6.25. The molecule has 0 aliphatic carbocycles. The molecule has 10 heteroatoms. The summed E-state index contributed by atoms with van der Waals surface area (Å²) in [5.74, 6) is 0.194. The summed E-state index contributed by atoms with van der Waals surface area (Å²) in [6.07, 6.45) is 4.88. The van der Waals surface area contributed by atoms with Gasteiger partial charge < -0.3 is 16.8 Å². The van der Waals surface area contributed by atoms with Crippen LogP contribution in [0.15, 0.2) is 41.1 Å². The zero-order valence-corrected chi connectivity index (χ0v) is 16.7. The van der Waals surface area contributed by atoms with E-state index in [1.807, 2.05) is 25.3 Å². The van der Waals surface area contributed by atoms with E-state index >= 15 is 0 Å². The van der Waals surface area contributed by atoms with Crippen LogP contribution in [0.5, 0.6) is 0 Å². The van der Waals surface area contributed by atoms with Crippen molar-refractivity contribution in [2.75, 3.05) is 30.7 Å². The fourth-order valence-electron chi connectivity index (χ4n) is 2.23. The van der Waals surface area contributed by atoms with E-state index in [1.54, 1.807) is 24.7 Å². The summed E-state index contributed by atoms with van der Waals surface area (Å²) in [7, 11) is 0. The molecule has 2 aromatic heterocycles. The van der Waals surface area contributed by atoms with Crippen LogP contribution in [0.2, 0.25) is 0 Å². The first-order valence-corrected chi connectivity index (χ1v) is 9.64. The number of nitrogens with zero attached hydrogens (tertiary/aromatic N) is 4. The van der Waals surface area contributed by atoms with Gasteiger partial charge in [-0.3, -0.25) is 10.3 Å². The van der Waals surface area contributed by atoms with E-state index in [0.717, 1.165) is 22.4 Å². The number of anilines is 2. The number of nitrogens with one attached hydrogen (secondary N) is 2. The Morgan fingerprint density at radius 2 is 1.96 bits per heavy atom. The van der Waals surface area contributed by atoms with Crippen LogP contribution in [0, 0.1) is 0 Å². The van der Waals surface area contributed by atoms with E-state index in [9.17, 15) is 4.79 Å². The van der Waals surface area contributed by atoms with Crippen LogP contribution >= 0.6 is 11.3 Å². The zero-order valence-electron chi connectivity index (χ0n) is 15.8. The van der Waals surface area contributed by atoms with E-state index in [-0.39, 0.29) is 18.5 Å². The minimum atomic E-state index is -0.324. The standard InChI is InChI=1S/C18H24N8OS/c1-3-21-15(8-19)12-5-6-23-18(26-17(27)22-4-2)28-11-13(7-12)14-9-24-16(20)25-10-14/h5-7,9-11H,3-4,8,19H2,1-2H3,(H2,20,24,25)(H2,22,23,26,27). The lowest BCUT2D eigenvalue weighted by Gasteiger charge is -2.04. The van der Waals surface area contributed by atoms with Gasteiger partial charge in [0.05, 0.1) is 5.71 Å². The molecule has 6 N–H and O–H groups in total. The summed E-state index contributed by atoms with van der Waals surface area (Å²) in [5, 5.41) is 7.67. The van der Waals surface area contributed by atoms with Crippen LogP contribution in [0.3, 0.4) is 0 Å². The number of aliphatic imine (C=N–C) groups is 1. The number of hydrogen-bond donors (Lipinski definition) is 4. The fraction of sp³-hybridized carbons (Fsp3) is 0.278. The number of nitrogen functional groups attached to an aromatic ring is 1. The minimum Gasteiger partial charge on any atom is -0.368 e. The molecule has 0 aliphatic heterocycles. The summed E-state index contributed by atoms with van der Waals surface area (Å²) >= 11 is 1.27. The van der Waals surface area contributed by atoms with Gasteiger partial charge in [0.1, 0.15) is 0 Å². The number of rotatable bonds is 6. The number of carbonyl (C=O) groups is 1. The maximum atomic E-state index is 11.8. The third-order valence-corrected chi connectivity index (χ3v) is 4.30. The van der Waals surface area contributed by atoms with Crippen LogP contribution in [-0.4, -0.2) is 46.3 Å². The lowest BCUT2D eigenvalue weighted by Crippen LogP contribution is -2.28. The van der Waals surface area contributed by atoms with Gasteiger partial charge in [-0.05, 0) is 37.1 Å². The average molecular weight is 401 g/mol. The van der Waals surface area contributed by atoms with E-state index in [1.165, 1.54) is 11.3 Å². The predicted molar refractivity (Wildman–Crippen MR) is 114 cm³/mol. The Kier molecular flexibility index (Phi) is 8.25. The zero-order chi connectivity index (χ0) is 20.4. The Bertz CT molecular complexity index is 877. The number of urea groups is 1. The first-order valence-electron chi connectivity index (χ1n) is 8.76. The molecule has 148 valence electrons. The van der Waals surface area contributed by atoms with Gasteiger partial charge in [0.2, 0.25) is 5.95 Å². The highest BCUT2D eigenvalue weighted by atomic mass is 32.1. The topological polar surface area (TPSA) is 144 Å². The molecule has 2 aromatic rings. The summed E-state index contributed by atoms with van der Waals surface area (Å²) in [6, 6.07) is 3.42. The summed E-state index contributed by atoms with van der Waals surface area (Å²) in [5.41, 5.74) is 14.6. The molecule has 0 atom stereocenters. The minimum absolute atomic E-state index is 0.194. The molecule has 2 rings (SSSR count). The number of nitrogens with two attached hydrogens (primary N) is 2. The smallest absolute Gasteiger partial charge is 0.321 e. The van der Waals surface area contributed by atoms with Crippen LogP contribution in [0.25, 0.3) is 11.1 Å². The molecule has 0 saturated carbocycles. The van der Waals surface area contributed by atoms with Crippen molar-refractivity contribution in [1.82, 2.24) is 20.3 Å². The van der Waals surface area contributed by atoms with E-state index in [2.05, 4.69) is 30.6 Å². The van der Waals surface area contributed by atoms with Crippen molar-refractivity contribution < 1.29 is 4.79 Å². The van der Waals surface area contributed by atoms with Crippen LogP contribution in [0.1, 0.15) is 19.4 Å². The molecular weight excluding hydrogens is 376 g/mol. The predicted octanol–water partition coefficient (Wildman–Crippen LogP) is 2.22. The molecule has 0 bridgehead atoms. The van der Waals surface area contributed by atoms with E-state index in [4.69, 9.17) is 11.5 Å². The van der Waals surface area contributed by atoms with Gasteiger partial charge in [0, 0.05) is 49.2 Å². The Morgan fingerprint density at radius 1 is 1.21 bits per heavy atom. The SMILES string of the molecule is CCN=C(CN)c1ccnc(NC(=O)NCC)scc(-c2cnc(N)nc2)c1. The number of carbonyl (C=O) groups excluding carboxylic acids is 1. The number of aromatic nitrogens is 3. The molecule has 9 nitrogen and oxygen atoms in total. The maximum absolute atomic E-state index is 11.8. The Labute approximate surface area is 167 Å². The monoisotopic (exact) mass is 400 g/mol. The first-order chi connectivity index (χ1) is 13.6. The average Bonchev–Trinajstić information content (AvgIpc) is 2.78. The van der Waals surface area contributed by atoms with Gasteiger partial charge in [-0.2, -0.15) is 0 Å². The number of amides is 2. The van der Waals surface area contributed by atoms with Gasteiger partial charge in [0.15, 0.2) is 5.13 Å². The third-order valence-electron chi connectivity index (χ3n) is 3.49. The molecule has 2 amide bonds. The second-order valence-corrected chi connectivity index (χ2v) is 6.34. The van der Waals surface area contributed by atoms with Crippen molar-refractivity contribution >= 4 is 34.2 Å². The molecule has 0 spiro atoms. The molecule has 0 radical (unpaired) electrons. The molecule has 2 heterocycles. The van der Waals surface area contributed by atoms with Gasteiger partial charge >= 0.3 is 6.03 Å². The lowest BCUT2D eigenvalue weighted by molar-refractivity contribution is 0.252. The van der Waals surface area contributed by atoms with E-state index < -0.39 is 0 Å². The molecule has 0 saturated heterocycles. The molecule has 0 aliphatic rings. The Hall–Kier alpha value is -3.11. The molecule has 28 heavy (non-hydrogen) atoms. The quantitative estimate of drug-likeness (QED) is 0.547. The van der Waals surface area contributed by atoms with Gasteiger partial charge in [0.25, 0.3) is 0 Å². The largest absolute Gasteiger partial charge is 0.368 e. The van der Waals surface area contributed by atoms with E-state index in [0.29, 0.717) is 18.2 Å².